The molecule has 24 heavy (non-hydrogen) atoms. The van der Waals surface area contributed by atoms with Crippen molar-refractivity contribution in [2.75, 3.05) is 13.2 Å². The molecule has 0 saturated heterocycles. The zero-order valence-electron chi connectivity index (χ0n) is 13.6. The molecule has 4 nitrogen and oxygen atoms in total. The van der Waals surface area contributed by atoms with Crippen LogP contribution in [0.4, 0.5) is 0 Å². The normalized spacial score (nSPS) is 22.3. The first kappa shape index (κ1) is 17.1. The van der Waals surface area contributed by atoms with Gasteiger partial charge in [-0.05, 0) is 29.7 Å². The van der Waals surface area contributed by atoms with Crippen LogP contribution in [0.2, 0.25) is 0 Å². The lowest BCUT2D eigenvalue weighted by molar-refractivity contribution is 0.130. The third-order valence-electron chi connectivity index (χ3n) is 5.12. The van der Waals surface area contributed by atoms with Gasteiger partial charge < -0.3 is 10.2 Å². The fourth-order valence-corrected chi connectivity index (χ4v) is 6.04. The molecule has 2 N–H and O–H groups in total. The van der Waals surface area contributed by atoms with Gasteiger partial charge in [-0.2, -0.15) is 0 Å². The monoisotopic (exact) mass is 346 g/mol. The largest absolute Gasteiger partial charge is 0.396 e. The van der Waals surface area contributed by atoms with Gasteiger partial charge in [0.05, 0.1) is 23.4 Å². The molecule has 0 aliphatic heterocycles. The van der Waals surface area contributed by atoms with E-state index in [9.17, 15) is 18.6 Å². The van der Waals surface area contributed by atoms with Crippen molar-refractivity contribution in [3.63, 3.8) is 0 Å². The van der Waals surface area contributed by atoms with Gasteiger partial charge in [-0.25, -0.2) is 8.42 Å². The predicted molar refractivity (Wildman–Crippen MR) is 92.6 cm³/mol. The zero-order chi connectivity index (χ0) is 17.4. The molecule has 1 fully saturated rings. The molecule has 128 valence electrons. The Labute approximate surface area is 142 Å². The number of hydrogen-bond donors (Lipinski definition) is 2. The molecule has 0 aromatic heterocycles. The first-order valence-electron chi connectivity index (χ1n) is 8.10. The quantitative estimate of drug-likeness (QED) is 0.840. The Morgan fingerprint density at radius 2 is 1.54 bits per heavy atom. The van der Waals surface area contributed by atoms with E-state index in [4.69, 9.17) is 0 Å². The van der Waals surface area contributed by atoms with Gasteiger partial charge in [0.15, 0.2) is 9.84 Å². The minimum absolute atomic E-state index is 0.231. The van der Waals surface area contributed by atoms with E-state index in [1.807, 2.05) is 24.3 Å². The third-order valence-corrected chi connectivity index (χ3v) is 7.46. The summed E-state index contributed by atoms with van der Waals surface area (Å²) in [6.07, 6.45) is 0.905. The van der Waals surface area contributed by atoms with E-state index in [1.54, 1.807) is 30.3 Å². The Morgan fingerprint density at radius 1 is 0.958 bits per heavy atom. The second kappa shape index (κ2) is 6.31. The number of benzene rings is 2. The van der Waals surface area contributed by atoms with Crippen LogP contribution >= 0.6 is 0 Å². The Balaban J connectivity index is 2.02. The first-order chi connectivity index (χ1) is 11.5. The van der Waals surface area contributed by atoms with Crippen molar-refractivity contribution in [2.24, 2.45) is 5.41 Å². The lowest BCUT2D eigenvalue weighted by Gasteiger charge is -2.11. The van der Waals surface area contributed by atoms with Crippen molar-refractivity contribution in [1.82, 2.24) is 0 Å². The molecule has 2 aromatic rings. The summed E-state index contributed by atoms with van der Waals surface area (Å²) in [7, 11) is -3.63. The third kappa shape index (κ3) is 2.57. The van der Waals surface area contributed by atoms with Crippen molar-refractivity contribution >= 4 is 9.84 Å². The topological polar surface area (TPSA) is 74.6 Å². The molecule has 2 aromatic carbocycles. The summed E-state index contributed by atoms with van der Waals surface area (Å²) < 4.78 is 26.0. The molecule has 1 aliphatic carbocycles. The average Bonchev–Trinajstić information content (AvgIpc) is 3.33. The van der Waals surface area contributed by atoms with Crippen molar-refractivity contribution < 1.29 is 18.6 Å². The summed E-state index contributed by atoms with van der Waals surface area (Å²) in [5.74, 6) is -0.399. The van der Waals surface area contributed by atoms with Crippen LogP contribution in [-0.4, -0.2) is 37.1 Å². The number of aliphatic hydroxyl groups is 2. The summed E-state index contributed by atoms with van der Waals surface area (Å²) in [6.45, 7) is 1.33. The van der Waals surface area contributed by atoms with Crippen molar-refractivity contribution in [1.29, 1.82) is 0 Å². The summed E-state index contributed by atoms with van der Waals surface area (Å²) in [6, 6.07) is 16.0. The Bertz CT molecular complexity index is 793. The summed E-state index contributed by atoms with van der Waals surface area (Å²) in [4.78, 5) is 0.231. The fraction of sp³-hybridized carbons (Fsp3) is 0.368. The van der Waals surface area contributed by atoms with Crippen molar-refractivity contribution in [3.8, 4) is 0 Å². The van der Waals surface area contributed by atoms with Crippen LogP contribution in [0, 0.1) is 5.41 Å². The van der Waals surface area contributed by atoms with Crippen molar-refractivity contribution in [2.45, 2.75) is 29.4 Å². The minimum atomic E-state index is -3.63. The van der Waals surface area contributed by atoms with Gasteiger partial charge in [-0.1, -0.05) is 49.4 Å². The van der Waals surface area contributed by atoms with E-state index in [1.165, 1.54) is 5.56 Å². The first-order valence-corrected chi connectivity index (χ1v) is 9.65. The maximum Gasteiger partial charge on any atom is 0.182 e. The smallest absolute Gasteiger partial charge is 0.182 e. The number of sulfone groups is 1. The maximum absolute atomic E-state index is 13.0. The fourth-order valence-electron chi connectivity index (χ4n) is 3.59. The van der Waals surface area contributed by atoms with Gasteiger partial charge in [0.1, 0.15) is 0 Å². The van der Waals surface area contributed by atoms with E-state index >= 15 is 0 Å². The van der Waals surface area contributed by atoms with Gasteiger partial charge >= 0.3 is 0 Å². The van der Waals surface area contributed by atoms with Gasteiger partial charge in [0.2, 0.25) is 0 Å². The molecule has 0 spiro atoms. The van der Waals surface area contributed by atoms with Gasteiger partial charge in [0.25, 0.3) is 0 Å². The molecule has 0 radical (unpaired) electrons. The van der Waals surface area contributed by atoms with Crippen molar-refractivity contribution in [3.05, 3.63) is 65.7 Å². The van der Waals surface area contributed by atoms with Crippen LogP contribution < -0.4 is 0 Å². The number of aliphatic hydroxyl groups excluding tert-OH is 2. The van der Waals surface area contributed by atoms with E-state index in [0.29, 0.717) is 0 Å². The Kier molecular flexibility index (Phi) is 4.51. The highest BCUT2D eigenvalue weighted by Gasteiger charge is 2.70. The van der Waals surface area contributed by atoms with Gasteiger partial charge in [0, 0.05) is 11.3 Å². The van der Waals surface area contributed by atoms with Crippen LogP contribution in [0.5, 0.6) is 0 Å². The minimum Gasteiger partial charge on any atom is -0.396 e. The molecule has 5 heteroatoms. The molecule has 1 saturated carbocycles. The SMILES string of the molecule is CCc1ccc(C2C(S(=O)(=O)c3ccccc3)C2(CO)CO)cc1. The average molecular weight is 346 g/mol. The molecule has 1 aliphatic rings. The molecule has 0 amide bonds. The molecular formula is C19H22O4S. The van der Waals surface area contributed by atoms with Gasteiger partial charge in [-0.3, -0.25) is 0 Å². The van der Waals surface area contributed by atoms with Crippen LogP contribution in [0.15, 0.2) is 59.5 Å². The van der Waals surface area contributed by atoms with Crippen LogP contribution in [0.3, 0.4) is 0 Å². The van der Waals surface area contributed by atoms with Crippen LogP contribution in [0.1, 0.15) is 24.0 Å². The number of aryl methyl sites for hydroxylation is 1. The molecule has 0 bridgehead atoms. The zero-order valence-corrected chi connectivity index (χ0v) is 14.4. The second-order valence-corrected chi connectivity index (χ2v) is 8.47. The predicted octanol–water partition coefficient (Wildman–Crippen LogP) is 2.16. The highest BCUT2D eigenvalue weighted by atomic mass is 32.2. The molecule has 0 heterocycles. The lowest BCUT2D eigenvalue weighted by atomic mass is 9.99. The number of rotatable bonds is 6. The second-order valence-electron chi connectivity index (χ2n) is 6.40. The van der Waals surface area contributed by atoms with E-state index < -0.39 is 26.4 Å². The maximum atomic E-state index is 13.0. The summed E-state index contributed by atoms with van der Waals surface area (Å²) >= 11 is 0. The highest BCUT2D eigenvalue weighted by molar-refractivity contribution is 7.92. The molecule has 3 rings (SSSR count). The van der Waals surface area contributed by atoms with E-state index in [-0.39, 0.29) is 18.1 Å². The van der Waals surface area contributed by atoms with E-state index in [2.05, 4.69) is 6.92 Å². The summed E-state index contributed by atoms with van der Waals surface area (Å²) in [5, 5.41) is 18.9. The Hall–Kier alpha value is -1.69. The van der Waals surface area contributed by atoms with E-state index in [0.717, 1.165) is 12.0 Å². The number of hydrogen-bond acceptors (Lipinski definition) is 4. The Morgan fingerprint density at radius 3 is 2.04 bits per heavy atom. The summed E-state index contributed by atoms with van der Waals surface area (Å²) in [5.41, 5.74) is 0.989. The van der Waals surface area contributed by atoms with Gasteiger partial charge in [-0.15, -0.1) is 0 Å². The lowest BCUT2D eigenvalue weighted by Crippen LogP contribution is -2.22. The van der Waals surface area contributed by atoms with Crippen LogP contribution in [-0.2, 0) is 16.3 Å². The highest BCUT2D eigenvalue weighted by Crippen LogP contribution is 2.63. The van der Waals surface area contributed by atoms with Crippen LogP contribution in [0.25, 0.3) is 0 Å². The molecular weight excluding hydrogens is 324 g/mol. The standard InChI is InChI=1S/C19H22O4S/c1-2-14-8-10-15(11-9-14)17-18(19(17,12-20)13-21)24(22,23)16-6-4-3-5-7-16/h3-11,17-18,20-21H,2,12-13H2,1H3. The molecule has 2 unspecified atom stereocenters. The molecule has 2 atom stereocenters.